The first-order valence-corrected chi connectivity index (χ1v) is 10.4. The molecule has 1 saturated heterocycles. The summed E-state index contributed by atoms with van der Waals surface area (Å²) >= 11 is 0. The molecule has 4 rings (SSSR count). The minimum Gasteiger partial charge on any atom is -0.497 e. The van der Waals surface area contributed by atoms with Crippen LogP contribution in [0, 0.1) is 0 Å². The van der Waals surface area contributed by atoms with E-state index in [-0.39, 0.29) is 4.90 Å². The lowest BCUT2D eigenvalue weighted by molar-refractivity contribution is 0.247. The standard InChI is InChI=1S/C18H20N6O3S/c1-27-13-5-7-14(8-6-13)28(25,26)24-11-3-2-4-16(24)18-21-17(22-23-18)15-12-19-9-10-20-15/h5-10,12,16H,2-4,11H2,1H3,(H,21,22,23). The van der Waals surface area contributed by atoms with Crippen LogP contribution in [-0.4, -0.2) is 51.5 Å². The van der Waals surface area contributed by atoms with Crippen LogP contribution in [-0.2, 0) is 10.0 Å². The van der Waals surface area contributed by atoms with E-state index in [9.17, 15) is 8.42 Å². The monoisotopic (exact) mass is 400 g/mol. The Morgan fingerprint density at radius 2 is 2.00 bits per heavy atom. The van der Waals surface area contributed by atoms with Crippen LogP contribution in [0.2, 0.25) is 0 Å². The van der Waals surface area contributed by atoms with Gasteiger partial charge in [-0.05, 0) is 37.1 Å². The zero-order valence-corrected chi connectivity index (χ0v) is 16.1. The molecule has 1 unspecified atom stereocenters. The molecular formula is C18H20N6O3S. The summed E-state index contributed by atoms with van der Waals surface area (Å²) in [5, 5.41) is 7.09. The van der Waals surface area contributed by atoms with E-state index in [0.717, 1.165) is 12.8 Å². The fourth-order valence-electron chi connectivity index (χ4n) is 3.30. The third-order valence-electron chi connectivity index (χ3n) is 4.73. The molecule has 0 aliphatic carbocycles. The Kier molecular flexibility index (Phi) is 5.05. The van der Waals surface area contributed by atoms with Crippen LogP contribution in [0.4, 0.5) is 0 Å². The summed E-state index contributed by atoms with van der Waals surface area (Å²) in [5.41, 5.74) is 0.533. The normalized spacial score (nSPS) is 18.1. The molecule has 1 aliphatic heterocycles. The fourth-order valence-corrected chi connectivity index (χ4v) is 4.96. The van der Waals surface area contributed by atoms with Crippen molar-refractivity contribution in [3.63, 3.8) is 0 Å². The van der Waals surface area contributed by atoms with Crippen LogP contribution in [0.25, 0.3) is 11.5 Å². The summed E-state index contributed by atoms with van der Waals surface area (Å²) in [7, 11) is -2.13. The maximum absolute atomic E-state index is 13.2. The van der Waals surface area contributed by atoms with E-state index in [1.165, 1.54) is 4.31 Å². The summed E-state index contributed by atoms with van der Waals surface area (Å²) < 4.78 is 33.1. The molecular weight excluding hydrogens is 380 g/mol. The Hall–Kier alpha value is -2.85. The Balaban J connectivity index is 1.65. The Bertz CT molecular complexity index is 1040. The first-order chi connectivity index (χ1) is 13.6. The molecule has 1 atom stereocenters. The molecule has 28 heavy (non-hydrogen) atoms. The molecule has 1 aliphatic rings. The van der Waals surface area contributed by atoms with E-state index >= 15 is 0 Å². The van der Waals surface area contributed by atoms with Crippen molar-refractivity contribution < 1.29 is 13.2 Å². The van der Waals surface area contributed by atoms with Gasteiger partial charge in [0.05, 0.1) is 24.2 Å². The average Bonchev–Trinajstić information content (AvgIpc) is 3.25. The van der Waals surface area contributed by atoms with E-state index in [4.69, 9.17) is 4.74 Å². The summed E-state index contributed by atoms with van der Waals surface area (Å²) in [6.45, 7) is 0.431. The minimum atomic E-state index is -3.68. The van der Waals surface area contributed by atoms with E-state index < -0.39 is 16.1 Å². The van der Waals surface area contributed by atoms with Gasteiger partial charge >= 0.3 is 0 Å². The number of hydrogen-bond donors (Lipinski definition) is 1. The SMILES string of the molecule is COc1ccc(S(=O)(=O)N2CCCCC2c2nc(-c3cnccn3)n[nH]2)cc1. The topological polar surface area (TPSA) is 114 Å². The van der Waals surface area contributed by atoms with Gasteiger partial charge in [-0.3, -0.25) is 10.1 Å². The first kappa shape index (κ1) is 18.5. The number of aromatic amines is 1. The van der Waals surface area contributed by atoms with Crippen molar-refractivity contribution >= 4 is 10.0 Å². The van der Waals surface area contributed by atoms with Crippen molar-refractivity contribution in [3.8, 4) is 17.3 Å². The van der Waals surface area contributed by atoms with Gasteiger partial charge in [-0.1, -0.05) is 6.42 Å². The predicted octanol–water partition coefficient (Wildman–Crippen LogP) is 2.19. The molecule has 0 amide bonds. The number of nitrogens with one attached hydrogen (secondary N) is 1. The Morgan fingerprint density at radius 1 is 1.18 bits per heavy atom. The number of rotatable bonds is 5. The molecule has 10 heteroatoms. The second kappa shape index (κ2) is 7.64. The molecule has 0 bridgehead atoms. The van der Waals surface area contributed by atoms with Crippen molar-refractivity contribution in [3.05, 3.63) is 48.7 Å². The van der Waals surface area contributed by atoms with E-state index in [1.807, 2.05) is 0 Å². The second-order valence-electron chi connectivity index (χ2n) is 6.44. The highest BCUT2D eigenvalue weighted by molar-refractivity contribution is 7.89. The van der Waals surface area contributed by atoms with Gasteiger partial charge in [-0.2, -0.15) is 9.40 Å². The number of hydrogen-bond acceptors (Lipinski definition) is 7. The third kappa shape index (κ3) is 3.48. The van der Waals surface area contributed by atoms with Crippen molar-refractivity contribution in [2.75, 3.05) is 13.7 Å². The number of aromatic nitrogens is 5. The van der Waals surface area contributed by atoms with Gasteiger partial charge in [0.25, 0.3) is 0 Å². The van der Waals surface area contributed by atoms with Gasteiger partial charge in [0.15, 0.2) is 0 Å². The molecule has 146 valence electrons. The molecule has 1 N–H and O–H groups in total. The van der Waals surface area contributed by atoms with Crippen LogP contribution < -0.4 is 4.74 Å². The van der Waals surface area contributed by atoms with Crippen LogP contribution in [0.5, 0.6) is 5.75 Å². The van der Waals surface area contributed by atoms with Crippen LogP contribution >= 0.6 is 0 Å². The molecule has 0 radical (unpaired) electrons. The van der Waals surface area contributed by atoms with E-state index in [2.05, 4.69) is 25.1 Å². The van der Waals surface area contributed by atoms with Gasteiger partial charge in [-0.25, -0.2) is 18.4 Å². The molecule has 3 heterocycles. The highest BCUT2D eigenvalue weighted by Gasteiger charge is 2.36. The smallest absolute Gasteiger partial charge is 0.243 e. The highest BCUT2D eigenvalue weighted by Crippen LogP contribution is 2.34. The molecule has 9 nitrogen and oxygen atoms in total. The lowest BCUT2D eigenvalue weighted by Gasteiger charge is -2.33. The maximum atomic E-state index is 13.2. The van der Waals surface area contributed by atoms with Crippen LogP contribution in [0.1, 0.15) is 31.1 Å². The number of nitrogens with zero attached hydrogens (tertiary/aromatic N) is 5. The Labute approximate surface area is 162 Å². The zero-order valence-electron chi connectivity index (χ0n) is 15.3. The average molecular weight is 400 g/mol. The van der Waals surface area contributed by atoms with Crippen LogP contribution in [0.15, 0.2) is 47.8 Å². The van der Waals surface area contributed by atoms with Gasteiger partial charge in [-0.15, -0.1) is 0 Å². The van der Waals surface area contributed by atoms with Crippen LogP contribution in [0.3, 0.4) is 0 Å². The van der Waals surface area contributed by atoms with Gasteiger partial charge in [0, 0.05) is 18.9 Å². The summed E-state index contributed by atoms with van der Waals surface area (Å²) in [6, 6.07) is 6.01. The molecule has 0 saturated carbocycles. The summed E-state index contributed by atoms with van der Waals surface area (Å²) in [5.74, 6) is 1.52. The van der Waals surface area contributed by atoms with Gasteiger partial charge < -0.3 is 4.74 Å². The third-order valence-corrected chi connectivity index (χ3v) is 6.65. The van der Waals surface area contributed by atoms with Gasteiger partial charge in [0.2, 0.25) is 15.8 Å². The Morgan fingerprint density at radius 3 is 2.71 bits per heavy atom. The minimum absolute atomic E-state index is 0.230. The number of methoxy groups -OCH3 is 1. The lowest BCUT2D eigenvalue weighted by Crippen LogP contribution is -2.39. The number of ether oxygens (including phenoxy) is 1. The van der Waals surface area contributed by atoms with E-state index in [0.29, 0.717) is 36.1 Å². The lowest BCUT2D eigenvalue weighted by atomic mass is 10.0. The fraction of sp³-hybridized carbons (Fsp3) is 0.333. The number of H-pyrrole nitrogens is 1. The van der Waals surface area contributed by atoms with Gasteiger partial charge in [0.1, 0.15) is 17.3 Å². The molecule has 2 aromatic heterocycles. The summed E-state index contributed by atoms with van der Waals surface area (Å²) in [6.07, 6.45) is 7.09. The van der Waals surface area contributed by atoms with Crippen molar-refractivity contribution in [2.45, 2.75) is 30.2 Å². The first-order valence-electron chi connectivity index (χ1n) is 8.94. The predicted molar refractivity (Wildman–Crippen MR) is 101 cm³/mol. The summed E-state index contributed by atoms with van der Waals surface area (Å²) in [4.78, 5) is 12.9. The number of sulfonamides is 1. The molecule has 3 aromatic rings. The molecule has 1 aromatic carbocycles. The largest absolute Gasteiger partial charge is 0.497 e. The molecule has 0 spiro atoms. The second-order valence-corrected chi connectivity index (χ2v) is 8.33. The maximum Gasteiger partial charge on any atom is 0.243 e. The van der Waals surface area contributed by atoms with Crippen molar-refractivity contribution in [1.82, 2.24) is 29.5 Å². The van der Waals surface area contributed by atoms with E-state index in [1.54, 1.807) is 50.0 Å². The van der Waals surface area contributed by atoms with Crippen molar-refractivity contribution in [1.29, 1.82) is 0 Å². The number of benzene rings is 1. The quantitative estimate of drug-likeness (QED) is 0.698. The van der Waals surface area contributed by atoms with Crippen molar-refractivity contribution in [2.24, 2.45) is 0 Å². The highest BCUT2D eigenvalue weighted by atomic mass is 32.2. The molecule has 1 fully saturated rings. The zero-order chi connectivity index (χ0) is 19.6. The number of piperidine rings is 1.